The highest BCUT2D eigenvalue weighted by Gasteiger charge is 2.42. The van der Waals surface area contributed by atoms with Gasteiger partial charge < -0.3 is 10.0 Å². The van der Waals surface area contributed by atoms with Crippen LogP contribution in [0.25, 0.3) is 0 Å². The fourth-order valence-corrected chi connectivity index (χ4v) is 1.97. The van der Waals surface area contributed by atoms with Crippen molar-refractivity contribution in [1.29, 1.82) is 0 Å². The van der Waals surface area contributed by atoms with Crippen LogP contribution in [0.5, 0.6) is 0 Å². The molecule has 1 saturated heterocycles. The fraction of sp³-hybridized carbons (Fsp3) is 0.778. The predicted molar refractivity (Wildman–Crippen MR) is 55.3 cm³/mol. The zero-order chi connectivity index (χ0) is 10.9. The first-order valence-corrected chi connectivity index (χ1v) is 5.61. The van der Waals surface area contributed by atoms with Gasteiger partial charge in [-0.2, -0.15) is 0 Å². The summed E-state index contributed by atoms with van der Waals surface area (Å²) in [7, 11) is 0. The minimum Gasteiger partial charge on any atom is -0.480 e. The van der Waals surface area contributed by atoms with Crippen LogP contribution in [0.3, 0.4) is 0 Å². The first-order chi connectivity index (χ1) is 6.39. The first-order valence-electron chi connectivity index (χ1n) is 4.49. The molecule has 0 radical (unpaired) electrons. The maximum atomic E-state index is 11.5. The number of carboxylic acid groups (broad SMARTS) is 1. The van der Waals surface area contributed by atoms with Crippen molar-refractivity contribution < 1.29 is 14.7 Å². The molecule has 1 heterocycles. The Balaban J connectivity index is 2.80. The van der Waals surface area contributed by atoms with Crippen molar-refractivity contribution in [3.63, 3.8) is 0 Å². The van der Waals surface area contributed by atoms with Gasteiger partial charge in [0.05, 0.1) is 0 Å². The van der Waals surface area contributed by atoms with Gasteiger partial charge in [-0.3, -0.25) is 4.79 Å². The Labute approximate surface area is 91.4 Å². The molecule has 14 heavy (non-hydrogen) atoms. The third-order valence-corrected chi connectivity index (χ3v) is 3.54. The minimum absolute atomic E-state index is 0.0677. The van der Waals surface area contributed by atoms with Crippen LogP contribution in [-0.4, -0.2) is 39.3 Å². The molecule has 1 rings (SSSR count). The van der Waals surface area contributed by atoms with Crippen molar-refractivity contribution in [3.8, 4) is 0 Å². The number of alkyl halides is 1. The zero-order valence-electron chi connectivity index (χ0n) is 8.29. The van der Waals surface area contributed by atoms with Gasteiger partial charge in [-0.05, 0) is 19.8 Å². The highest BCUT2D eigenvalue weighted by molar-refractivity contribution is 9.09. The van der Waals surface area contributed by atoms with E-state index in [2.05, 4.69) is 15.9 Å². The number of nitrogens with zero attached hydrogens (tertiary/aromatic N) is 1. The van der Waals surface area contributed by atoms with Crippen LogP contribution in [0.4, 0.5) is 0 Å². The predicted octanol–water partition coefficient (Wildman–Crippen LogP) is 1.09. The van der Waals surface area contributed by atoms with Gasteiger partial charge in [0.2, 0.25) is 5.91 Å². The number of aliphatic carboxylic acids is 1. The standard InChI is InChI=1S/C9H14BrNO3/c1-9(2,8(13)14)11-5-6(4-10)3-7(11)12/h6H,3-5H2,1-2H3,(H,13,14). The number of rotatable bonds is 3. The number of carbonyl (C=O) groups is 2. The molecule has 1 aliphatic rings. The molecule has 1 aliphatic heterocycles. The topological polar surface area (TPSA) is 57.6 Å². The Hall–Kier alpha value is -0.580. The first kappa shape index (κ1) is 11.5. The summed E-state index contributed by atoms with van der Waals surface area (Å²) in [6.07, 6.45) is 0.446. The molecule has 0 aliphatic carbocycles. The third kappa shape index (κ3) is 1.92. The van der Waals surface area contributed by atoms with E-state index in [0.717, 1.165) is 5.33 Å². The summed E-state index contributed by atoms with van der Waals surface area (Å²) in [6.45, 7) is 3.65. The average Bonchev–Trinajstić information content (AvgIpc) is 2.47. The lowest BCUT2D eigenvalue weighted by Crippen LogP contribution is -2.50. The normalized spacial score (nSPS) is 22.9. The summed E-state index contributed by atoms with van der Waals surface area (Å²) in [5, 5.41) is 9.71. The van der Waals surface area contributed by atoms with Gasteiger partial charge in [0.1, 0.15) is 5.54 Å². The van der Waals surface area contributed by atoms with Gasteiger partial charge in [0.25, 0.3) is 0 Å². The van der Waals surface area contributed by atoms with Gasteiger partial charge in [-0.1, -0.05) is 15.9 Å². The molecule has 5 heteroatoms. The number of amides is 1. The zero-order valence-corrected chi connectivity index (χ0v) is 9.87. The van der Waals surface area contributed by atoms with Crippen molar-refractivity contribution in [2.24, 2.45) is 5.92 Å². The van der Waals surface area contributed by atoms with Gasteiger partial charge in [-0.15, -0.1) is 0 Å². The molecule has 1 atom stereocenters. The average molecular weight is 264 g/mol. The molecule has 0 aromatic carbocycles. The largest absolute Gasteiger partial charge is 0.480 e. The molecule has 0 spiro atoms. The Morgan fingerprint density at radius 1 is 1.71 bits per heavy atom. The molecule has 80 valence electrons. The van der Waals surface area contributed by atoms with Crippen LogP contribution >= 0.6 is 15.9 Å². The van der Waals surface area contributed by atoms with E-state index < -0.39 is 11.5 Å². The number of carboxylic acids is 1. The molecule has 0 bridgehead atoms. The highest BCUT2D eigenvalue weighted by atomic mass is 79.9. The summed E-state index contributed by atoms with van der Waals surface area (Å²) >= 11 is 3.31. The second kappa shape index (κ2) is 3.88. The summed E-state index contributed by atoms with van der Waals surface area (Å²) in [5.41, 5.74) is -1.09. The SMILES string of the molecule is CC(C)(C(=O)O)N1CC(CBr)CC1=O. The summed E-state index contributed by atoms with van der Waals surface area (Å²) in [4.78, 5) is 23.9. The molecule has 0 aromatic rings. The fourth-order valence-electron chi connectivity index (χ4n) is 1.54. The van der Waals surface area contributed by atoms with Crippen LogP contribution in [0.1, 0.15) is 20.3 Å². The van der Waals surface area contributed by atoms with Crippen LogP contribution in [0, 0.1) is 5.92 Å². The maximum absolute atomic E-state index is 11.5. The molecule has 0 aromatic heterocycles. The van der Waals surface area contributed by atoms with Crippen LogP contribution in [-0.2, 0) is 9.59 Å². The summed E-state index contributed by atoms with van der Waals surface area (Å²) < 4.78 is 0. The Bertz CT molecular complexity index is 265. The monoisotopic (exact) mass is 263 g/mol. The molecule has 1 N–H and O–H groups in total. The van der Waals surface area contributed by atoms with E-state index in [1.165, 1.54) is 4.90 Å². The molecular weight excluding hydrogens is 250 g/mol. The Morgan fingerprint density at radius 3 is 2.64 bits per heavy atom. The van der Waals surface area contributed by atoms with Crippen molar-refractivity contribution in [2.45, 2.75) is 25.8 Å². The Morgan fingerprint density at radius 2 is 2.29 bits per heavy atom. The molecule has 1 unspecified atom stereocenters. The van der Waals surface area contributed by atoms with E-state index in [4.69, 9.17) is 5.11 Å². The minimum atomic E-state index is -1.09. The quantitative estimate of drug-likeness (QED) is 0.776. The summed E-state index contributed by atoms with van der Waals surface area (Å²) in [6, 6.07) is 0. The van der Waals surface area contributed by atoms with Gasteiger partial charge >= 0.3 is 5.97 Å². The molecule has 1 amide bonds. The van der Waals surface area contributed by atoms with E-state index in [0.29, 0.717) is 13.0 Å². The number of likely N-dealkylation sites (tertiary alicyclic amines) is 1. The van der Waals surface area contributed by atoms with Crippen molar-refractivity contribution in [1.82, 2.24) is 4.90 Å². The lowest BCUT2D eigenvalue weighted by molar-refractivity contribution is -0.154. The van der Waals surface area contributed by atoms with Gasteiger partial charge in [0, 0.05) is 18.3 Å². The van der Waals surface area contributed by atoms with E-state index >= 15 is 0 Å². The molecule has 4 nitrogen and oxygen atoms in total. The second-order valence-electron chi connectivity index (χ2n) is 4.09. The van der Waals surface area contributed by atoms with Gasteiger partial charge in [0.15, 0.2) is 0 Å². The number of hydrogen-bond donors (Lipinski definition) is 1. The van der Waals surface area contributed by atoms with E-state index in [9.17, 15) is 9.59 Å². The van der Waals surface area contributed by atoms with Crippen LogP contribution < -0.4 is 0 Å². The molecule has 1 fully saturated rings. The Kier molecular flexibility index (Phi) is 3.19. The van der Waals surface area contributed by atoms with Crippen molar-refractivity contribution >= 4 is 27.8 Å². The lowest BCUT2D eigenvalue weighted by Gasteiger charge is -2.31. The maximum Gasteiger partial charge on any atom is 0.329 e. The van der Waals surface area contributed by atoms with Crippen LogP contribution in [0.2, 0.25) is 0 Å². The van der Waals surface area contributed by atoms with Crippen LogP contribution in [0.15, 0.2) is 0 Å². The number of halogens is 1. The third-order valence-electron chi connectivity index (χ3n) is 2.62. The van der Waals surface area contributed by atoms with Gasteiger partial charge in [-0.25, -0.2) is 4.79 Å². The molecular formula is C9H14BrNO3. The van der Waals surface area contributed by atoms with E-state index in [1.807, 2.05) is 0 Å². The van der Waals surface area contributed by atoms with E-state index in [1.54, 1.807) is 13.8 Å². The molecule has 0 saturated carbocycles. The number of carbonyl (C=O) groups excluding carboxylic acids is 1. The highest BCUT2D eigenvalue weighted by Crippen LogP contribution is 2.27. The van der Waals surface area contributed by atoms with E-state index in [-0.39, 0.29) is 11.8 Å². The lowest BCUT2D eigenvalue weighted by atomic mass is 10.0. The smallest absolute Gasteiger partial charge is 0.329 e. The number of hydrogen-bond acceptors (Lipinski definition) is 2. The summed E-state index contributed by atoms with van der Waals surface area (Å²) in [5.74, 6) is -0.788. The second-order valence-corrected chi connectivity index (χ2v) is 4.74. The van der Waals surface area contributed by atoms with Crippen molar-refractivity contribution in [2.75, 3.05) is 11.9 Å². The van der Waals surface area contributed by atoms with Crippen molar-refractivity contribution in [3.05, 3.63) is 0 Å².